The molecule has 2 atom stereocenters. The van der Waals surface area contributed by atoms with Gasteiger partial charge in [-0.1, -0.05) is 19.9 Å². The van der Waals surface area contributed by atoms with Gasteiger partial charge in [0.1, 0.15) is 17.3 Å². The van der Waals surface area contributed by atoms with Crippen molar-refractivity contribution in [2.24, 2.45) is 11.8 Å². The van der Waals surface area contributed by atoms with Gasteiger partial charge in [0.25, 0.3) is 0 Å². The van der Waals surface area contributed by atoms with E-state index in [-0.39, 0.29) is 11.8 Å². The van der Waals surface area contributed by atoms with Gasteiger partial charge in [-0.25, -0.2) is 8.78 Å². The minimum absolute atomic E-state index is 0.0390. The van der Waals surface area contributed by atoms with Crippen molar-refractivity contribution in [1.82, 2.24) is 4.90 Å². The number of carbonyl (C=O) groups excluding carboxylic acids is 2. The predicted molar refractivity (Wildman–Crippen MR) is 83.7 cm³/mol. The molecule has 126 valence electrons. The number of benzene rings is 1. The fourth-order valence-corrected chi connectivity index (χ4v) is 2.70. The second-order valence-corrected chi connectivity index (χ2v) is 5.86. The number of amides is 2. The molecule has 1 aliphatic carbocycles. The summed E-state index contributed by atoms with van der Waals surface area (Å²) in [6.07, 6.45) is 2.15. The van der Waals surface area contributed by atoms with E-state index in [1.807, 2.05) is 13.8 Å². The Hall–Kier alpha value is -1.98. The lowest BCUT2D eigenvalue weighted by molar-refractivity contribution is -0.134. The van der Waals surface area contributed by atoms with E-state index in [1.54, 1.807) is 4.90 Å². The lowest BCUT2D eigenvalue weighted by Gasteiger charge is -2.21. The maximum absolute atomic E-state index is 13.5. The van der Waals surface area contributed by atoms with Crippen LogP contribution in [-0.2, 0) is 9.59 Å². The standard InChI is InChI=1S/C17H22F2N2O2/c1-3-8-21(9-4-2)17(23)12-10-11(12)16(22)20-15-13(18)6-5-7-14(15)19/h5-7,11-12H,3-4,8-10H2,1-2H3,(H,20,22). The molecule has 0 aliphatic heterocycles. The summed E-state index contributed by atoms with van der Waals surface area (Å²) in [5.74, 6) is -3.05. The van der Waals surface area contributed by atoms with Crippen molar-refractivity contribution in [3.8, 4) is 0 Å². The summed E-state index contributed by atoms with van der Waals surface area (Å²) < 4.78 is 27.1. The number of rotatable bonds is 7. The van der Waals surface area contributed by atoms with Crippen molar-refractivity contribution in [3.05, 3.63) is 29.8 Å². The topological polar surface area (TPSA) is 49.4 Å². The number of hydrogen-bond acceptors (Lipinski definition) is 2. The van der Waals surface area contributed by atoms with E-state index < -0.39 is 29.1 Å². The second kappa shape index (κ2) is 7.53. The molecular weight excluding hydrogens is 302 g/mol. The highest BCUT2D eigenvalue weighted by Crippen LogP contribution is 2.41. The molecule has 1 aromatic rings. The molecule has 2 amide bonds. The second-order valence-electron chi connectivity index (χ2n) is 5.86. The van der Waals surface area contributed by atoms with Gasteiger partial charge in [-0.05, 0) is 31.4 Å². The molecule has 1 saturated carbocycles. The van der Waals surface area contributed by atoms with E-state index in [4.69, 9.17) is 0 Å². The molecule has 1 aromatic carbocycles. The van der Waals surface area contributed by atoms with Gasteiger partial charge in [-0.3, -0.25) is 9.59 Å². The van der Waals surface area contributed by atoms with Crippen LogP contribution in [0.25, 0.3) is 0 Å². The molecule has 1 aliphatic rings. The summed E-state index contributed by atoms with van der Waals surface area (Å²) in [7, 11) is 0. The number of halogens is 2. The molecule has 6 heteroatoms. The zero-order valence-electron chi connectivity index (χ0n) is 13.4. The van der Waals surface area contributed by atoms with E-state index in [9.17, 15) is 18.4 Å². The summed E-state index contributed by atoms with van der Waals surface area (Å²) in [6.45, 7) is 5.32. The van der Waals surface area contributed by atoms with Crippen molar-refractivity contribution >= 4 is 17.5 Å². The Morgan fingerprint density at radius 2 is 1.70 bits per heavy atom. The normalized spacial score (nSPS) is 19.3. The largest absolute Gasteiger partial charge is 0.342 e. The number of anilines is 1. The number of nitrogens with one attached hydrogen (secondary N) is 1. The molecule has 0 radical (unpaired) electrons. The molecule has 2 rings (SSSR count). The van der Waals surface area contributed by atoms with E-state index in [0.717, 1.165) is 25.0 Å². The van der Waals surface area contributed by atoms with Crippen LogP contribution in [0.4, 0.5) is 14.5 Å². The maximum Gasteiger partial charge on any atom is 0.228 e. The van der Waals surface area contributed by atoms with Crippen LogP contribution in [-0.4, -0.2) is 29.8 Å². The van der Waals surface area contributed by atoms with E-state index >= 15 is 0 Å². The third-order valence-corrected chi connectivity index (χ3v) is 3.95. The van der Waals surface area contributed by atoms with Crippen molar-refractivity contribution in [3.63, 3.8) is 0 Å². The Morgan fingerprint density at radius 1 is 1.13 bits per heavy atom. The average Bonchev–Trinajstić information content (AvgIpc) is 3.30. The molecule has 23 heavy (non-hydrogen) atoms. The quantitative estimate of drug-likeness (QED) is 0.837. The number of carbonyl (C=O) groups is 2. The highest BCUT2D eigenvalue weighted by Gasteiger charge is 2.49. The van der Waals surface area contributed by atoms with Crippen LogP contribution in [0.3, 0.4) is 0 Å². The Labute approximate surface area is 134 Å². The monoisotopic (exact) mass is 324 g/mol. The molecule has 1 N–H and O–H groups in total. The molecule has 0 saturated heterocycles. The first-order valence-electron chi connectivity index (χ1n) is 8.03. The Kier molecular flexibility index (Phi) is 5.69. The summed E-state index contributed by atoms with van der Waals surface area (Å²) >= 11 is 0. The minimum atomic E-state index is -0.819. The third-order valence-electron chi connectivity index (χ3n) is 3.95. The maximum atomic E-state index is 13.5. The van der Waals surface area contributed by atoms with Crippen molar-refractivity contribution in [2.45, 2.75) is 33.1 Å². The van der Waals surface area contributed by atoms with Crippen LogP contribution in [0.5, 0.6) is 0 Å². The first-order valence-corrected chi connectivity index (χ1v) is 8.03. The highest BCUT2D eigenvalue weighted by molar-refractivity contribution is 5.99. The summed E-state index contributed by atoms with van der Waals surface area (Å²) in [4.78, 5) is 26.3. The van der Waals surface area contributed by atoms with Crippen LogP contribution in [0.2, 0.25) is 0 Å². The van der Waals surface area contributed by atoms with Crippen LogP contribution >= 0.6 is 0 Å². The van der Waals surface area contributed by atoms with Gasteiger partial charge in [-0.15, -0.1) is 0 Å². The molecule has 1 fully saturated rings. The molecular formula is C17H22F2N2O2. The van der Waals surface area contributed by atoms with Gasteiger partial charge in [-0.2, -0.15) is 0 Å². The lowest BCUT2D eigenvalue weighted by Crippen LogP contribution is -2.34. The first-order chi connectivity index (χ1) is 11.0. The fraction of sp³-hybridized carbons (Fsp3) is 0.529. The van der Waals surface area contributed by atoms with Crippen LogP contribution < -0.4 is 5.32 Å². The molecule has 0 heterocycles. The van der Waals surface area contributed by atoms with Gasteiger partial charge in [0.05, 0.1) is 11.8 Å². The molecule has 0 bridgehead atoms. The molecule has 0 spiro atoms. The first kappa shape index (κ1) is 17.4. The van der Waals surface area contributed by atoms with Gasteiger partial charge >= 0.3 is 0 Å². The van der Waals surface area contributed by atoms with Gasteiger partial charge in [0.2, 0.25) is 11.8 Å². The molecule has 2 unspecified atom stereocenters. The van der Waals surface area contributed by atoms with Gasteiger partial charge in [0.15, 0.2) is 0 Å². The third kappa shape index (κ3) is 4.06. The van der Waals surface area contributed by atoms with Crippen LogP contribution in [0.1, 0.15) is 33.1 Å². The number of hydrogen-bond donors (Lipinski definition) is 1. The number of para-hydroxylation sites is 1. The average molecular weight is 324 g/mol. The van der Waals surface area contributed by atoms with E-state index in [0.29, 0.717) is 19.5 Å². The zero-order valence-corrected chi connectivity index (χ0v) is 13.4. The Bertz CT molecular complexity index is 566. The molecule has 4 nitrogen and oxygen atoms in total. The molecule has 0 aromatic heterocycles. The summed E-state index contributed by atoms with van der Waals surface area (Å²) in [5, 5.41) is 2.27. The van der Waals surface area contributed by atoms with Crippen LogP contribution in [0.15, 0.2) is 18.2 Å². The van der Waals surface area contributed by atoms with Crippen molar-refractivity contribution in [2.75, 3.05) is 18.4 Å². The van der Waals surface area contributed by atoms with Gasteiger partial charge in [0, 0.05) is 13.1 Å². The van der Waals surface area contributed by atoms with Crippen molar-refractivity contribution < 1.29 is 18.4 Å². The highest BCUT2D eigenvalue weighted by atomic mass is 19.1. The summed E-state index contributed by atoms with van der Waals surface area (Å²) in [5.41, 5.74) is -0.449. The van der Waals surface area contributed by atoms with Crippen molar-refractivity contribution in [1.29, 1.82) is 0 Å². The SMILES string of the molecule is CCCN(CCC)C(=O)C1CC1C(=O)Nc1c(F)cccc1F. The lowest BCUT2D eigenvalue weighted by atomic mass is 10.2. The summed E-state index contributed by atoms with van der Waals surface area (Å²) in [6, 6.07) is 3.40. The van der Waals surface area contributed by atoms with Gasteiger partial charge < -0.3 is 10.2 Å². The number of nitrogens with zero attached hydrogens (tertiary/aromatic N) is 1. The zero-order chi connectivity index (χ0) is 17.0. The van der Waals surface area contributed by atoms with Crippen LogP contribution in [0, 0.1) is 23.5 Å². The Morgan fingerprint density at radius 3 is 2.22 bits per heavy atom. The minimum Gasteiger partial charge on any atom is -0.342 e. The van der Waals surface area contributed by atoms with E-state index in [2.05, 4.69) is 5.32 Å². The predicted octanol–water partition coefficient (Wildman–Crippen LogP) is 3.19. The Balaban J connectivity index is 1.97. The smallest absolute Gasteiger partial charge is 0.228 e. The van der Waals surface area contributed by atoms with E-state index in [1.165, 1.54) is 6.07 Å². The fourth-order valence-electron chi connectivity index (χ4n) is 2.70.